The first-order chi connectivity index (χ1) is 55.1. The first-order valence-corrected chi connectivity index (χ1v) is 46.1. The molecule has 115 heavy (non-hydrogen) atoms. The number of hydrogen-bond donors (Lipinski definition) is 0. The Morgan fingerprint density at radius 3 is 0.339 bits per heavy atom. The SMILES string of the molecule is [Au+].[Au+].[Cl-].[Cl-].c1ccc([PH+](c2ccccc2)c2ccnn2Cn2nccc2[PH+](c2ccccc2)c2ccccc2)cc1.c1ccc([PH+](c2ccccc2)c2ccnn2Cn2nccc2[PH+](c2ccccc2)c2ccccc2)cc1.c1ccc([PH+](c2ccccc2)c2ccnn2Cn2nccc2[PH+](c2ccccc2)c2ccccc2)cc1. The van der Waals surface area contributed by atoms with Crippen molar-refractivity contribution in [3.05, 3.63) is 438 Å². The first kappa shape index (κ1) is 84.9. The van der Waals surface area contributed by atoms with Crippen molar-refractivity contribution in [3.8, 4) is 0 Å². The molecule has 0 amide bonds. The molecule has 12 nitrogen and oxygen atoms in total. The van der Waals surface area contributed by atoms with E-state index in [0.29, 0.717) is 20.0 Å². The second kappa shape index (κ2) is 42.9. The average molecular weight is 2020 g/mol. The Balaban J connectivity index is 0.000000157. The molecule has 0 saturated heterocycles. The molecule has 0 fully saturated rings. The van der Waals surface area contributed by atoms with Crippen LogP contribution in [0.2, 0.25) is 0 Å². The Morgan fingerprint density at radius 1 is 0.148 bits per heavy atom. The van der Waals surface area contributed by atoms with E-state index in [0.717, 1.165) is 0 Å². The van der Waals surface area contributed by atoms with Crippen molar-refractivity contribution in [2.45, 2.75) is 20.0 Å². The van der Waals surface area contributed by atoms with Crippen molar-refractivity contribution in [1.29, 1.82) is 0 Å². The van der Waals surface area contributed by atoms with Gasteiger partial charge in [0.25, 0.3) is 0 Å². The van der Waals surface area contributed by atoms with Crippen LogP contribution in [0.1, 0.15) is 0 Å². The van der Waals surface area contributed by atoms with Crippen molar-refractivity contribution in [1.82, 2.24) is 58.7 Å². The summed E-state index contributed by atoms with van der Waals surface area (Å²) in [6, 6.07) is 143. The van der Waals surface area contributed by atoms with E-state index in [4.69, 9.17) is 30.6 Å². The van der Waals surface area contributed by atoms with Crippen molar-refractivity contribution in [2.24, 2.45) is 0 Å². The minimum Gasteiger partial charge on any atom is -1.00 e. The van der Waals surface area contributed by atoms with E-state index in [2.05, 4.69) is 428 Å². The van der Waals surface area contributed by atoms with Gasteiger partial charge in [0.15, 0.2) is 32.6 Å². The summed E-state index contributed by atoms with van der Waals surface area (Å²) in [5.74, 6) is 0. The summed E-state index contributed by atoms with van der Waals surface area (Å²) >= 11 is 0. The van der Waals surface area contributed by atoms with Gasteiger partial charge in [0.05, 0.1) is 37.2 Å². The molecule has 22 heteroatoms. The Labute approximate surface area is 723 Å². The van der Waals surface area contributed by atoms with Crippen LogP contribution in [0.3, 0.4) is 0 Å². The van der Waals surface area contributed by atoms with E-state index >= 15 is 0 Å². The molecule has 18 rings (SSSR count). The van der Waals surface area contributed by atoms with E-state index in [1.54, 1.807) is 0 Å². The number of rotatable bonds is 24. The van der Waals surface area contributed by atoms with Gasteiger partial charge in [-0.15, -0.1) is 0 Å². The van der Waals surface area contributed by atoms with Crippen LogP contribution in [0.5, 0.6) is 0 Å². The van der Waals surface area contributed by atoms with Crippen LogP contribution in [0.4, 0.5) is 0 Å². The molecule has 18 aromatic rings. The van der Waals surface area contributed by atoms with Crippen LogP contribution in [-0.4, -0.2) is 58.7 Å². The zero-order chi connectivity index (χ0) is 74.6. The van der Waals surface area contributed by atoms with Gasteiger partial charge in [0.2, 0.25) is 0 Å². The maximum absolute atomic E-state index is 4.80. The van der Waals surface area contributed by atoms with Gasteiger partial charge < -0.3 is 24.8 Å². The van der Waals surface area contributed by atoms with Gasteiger partial charge in [0.1, 0.15) is 131 Å². The average Bonchev–Trinajstić information content (AvgIpc) is 1.70. The van der Waals surface area contributed by atoms with Crippen molar-refractivity contribution < 1.29 is 69.6 Å². The predicted octanol–water partition coefficient (Wildman–Crippen LogP) is 4.70. The van der Waals surface area contributed by atoms with E-state index in [1.807, 2.05) is 37.2 Å². The molecule has 0 radical (unpaired) electrons. The minimum atomic E-state index is -1.23. The van der Waals surface area contributed by atoms with Crippen LogP contribution in [0.15, 0.2) is 438 Å². The molecule has 0 spiro atoms. The fourth-order valence-corrected chi connectivity index (χ4v) is 30.0. The second-order valence-electron chi connectivity index (χ2n) is 26.4. The summed E-state index contributed by atoms with van der Waals surface area (Å²) in [5.41, 5.74) is 7.48. The molecular formula is C93H84Au2Cl2N12P6+6. The number of halogens is 2. The topological polar surface area (TPSA) is 107 Å². The summed E-state index contributed by atoms with van der Waals surface area (Å²) in [5, 5.41) is 45.0. The van der Waals surface area contributed by atoms with E-state index in [9.17, 15) is 0 Å². The minimum absolute atomic E-state index is 0. The summed E-state index contributed by atoms with van der Waals surface area (Å²) in [4.78, 5) is 0. The molecule has 0 bridgehead atoms. The quantitative estimate of drug-likeness (QED) is 0.0643. The fraction of sp³-hybridized carbons (Fsp3) is 0.0323. The molecule has 0 aliphatic heterocycles. The van der Waals surface area contributed by atoms with Crippen LogP contribution in [-0.2, 0) is 64.8 Å². The van der Waals surface area contributed by atoms with Crippen LogP contribution >= 0.6 is 47.5 Å². The molecule has 0 aliphatic rings. The van der Waals surface area contributed by atoms with E-state index in [1.165, 1.54) is 96.3 Å². The monoisotopic (exact) mass is 2020 g/mol. The molecule has 0 atom stereocenters. The number of hydrogen-bond acceptors (Lipinski definition) is 6. The van der Waals surface area contributed by atoms with E-state index in [-0.39, 0.29) is 69.6 Å². The van der Waals surface area contributed by atoms with Crippen LogP contribution in [0, 0.1) is 0 Å². The normalized spacial score (nSPS) is 10.9. The third-order valence-corrected chi connectivity index (χ3v) is 35.9. The number of benzene rings is 12. The van der Waals surface area contributed by atoms with Gasteiger partial charge in [-0.2, -0.15) is 30.6 Å². The van der Waals surface area contributed by atoms with Gasteiger partial charge >= 0.3 is 44.8 Å². The standard InChI is InChI=1S/3C31H26N4P2.2Au.2ClH/c3*1-5-13-26(14-6-1)36(27-15-7-2-8-16-27)30-21-23-32-34(30)25-35-31(22-24-33-35)37(28-17-9-3-10-18-28)29-19-11-4-12-20-29;;;;/h3*1-24H,25H2;;;2*1H/q;;;2*+1;;/p+4. The zero-order valence-electron chi connectivity index (χ0n) is 62.4. The smallest absolute Gasteiger partial charge is 1.00 e. The van der Waals surface area contributed by atoms with Crippen molar-refractivity contribution in [3.63, 3.8) is 0 Å². The van der Waals surface area contributed by atoms with Gasteiger partial charge in [-0.3, -0.25) is 0 Å². The summed E-state index contributed by atoms with van der Waals surface area (Å²) < 4.78 is 12.8. The van der Waals surface area contributed by atoms with Crippen LogP contribution in [0.25, 0.3) is 0 Å². The molecule has 576 valence electrons. The molecule has 6 aromatic heterocycles. The largest absolute Gasteiger partial charge is 1.00 e. The van der Waals surface area contributed by atoms with Gasteiger partial charge in [-0.25, -0.2) is 28.1 Å². The fourth-order valence-electron chi connectivity index (χ4n) is 14.4. The molecule has 0 unspecified atom stereocenters. The van der Waals surface area contributed by atoms with E-state index < -0.39 is 47.5 Å². The number of aromatic nitrogens is 12. The zero-order valence-corrected chi connectivity index (χ0v) is 74.3. The molecule has 12 aromatic carbocycles. The van der Waals surface area contributed by atoms with Gasteiger partial charge in [0, 0.05) is 36.4 Å². The second-order valence-corrected chi connectivity index (χ2v) is 40.9. The third kappa shape index (κ3) is 20.7. The summed E-state index contributed by atoms with van der Waals surface area (Å²) in [7, 11) is -7.41. The molecule has 0 saturated carbocycles. The van der Waals surface area contributed by atoms with Crippen molar-refractivity contribution >= 4 is 144 Å². The summed E-state index contributed by atoms with van der Waals surface area (Å²) in [6.45, 7) is 1.73. The molecule has 0 N–H and O–H groups in total. The Kier molecular flexibility index (Phi) is 31.7. The van der Waals surface area contributed by atoms with Crippen LogP contribution < -0.4 is 121 Å². The van der Waals surface area contributed by atoms with Crippen molar-refractivity contribution in [2.75, 3.05) is 0 Å². The summed E-state index contributed by atoms with van der Waals surface area (Å²) in [6.07, 6.45) is 11.6. The van der Waals surface area contributed by atoms with Gasteiger partial charge in [-0.05, 0) is 146 Å². The Morgan fingerprint density at radius 2 is 0.243 bits per heavy atom. The first-order valence-electron chi connectivity index (χ1n) is 37.1. The van der Waals surface area contributed by atoms with Gasteiger partial charge in [-0.1, -0.05) is 218 Å². The third-order valence-electron chi connectivity index (χ3n) is 19.4. The Bertz CT molecular complexity index is 4650. The number of nitrogens with zero attached hydrogens (tertiary/aromatic N) is 12. The molecular weight excluding hydrogens is 1940 g/mol. The predicted molar refractivity (Wildman–Crippen MR) is 480 cm³/mol. The Hall–Kier alpha value is -9.46. The molecule has 6 heterocycles. The maximum Gasteiger partial charge on any atom is 1.00 e. The molecule has 0 aliphatic carbocycles. The maximum atomic E-state index is 4.80.